The first-order valence-electron chi connectivity index (χ1n) is 10.7. The first-order chi connectivity index (χ1) is 15.5. The number of aliphatic carboxylic acids is 1. The Morgan fingerprint density at radius 3 is 2.28 bits per heavy atom. The number of aliphatic hydroxyl groups excluding tert-OH is 1. The molecule has 0 aromatic heterocycles. The van der Waals surface area contributed by atoms with Crippen molar-refractivity contribution in [2.75, 3.05) is 19.7 Å². The summed E-state index contributed by atoms with van der Waals surface area (Å²) in [5, 5.41) is 21.5. The van der Waals surface area contributed by atoms with Crippen LogP contribution in [-0.2, 0) is 14.3 Å². The average molecular weight is 438 g/mol. The van der Waals surface area contributed by atoms with Crippen LogP contribution in [0.25, 0.3) is 11.1 Å². The third-order valence-electron chi connectivity index (χ3n) is 6.06. The molecule has 32 heavy (non-hydrogen) atoms. The number of carbonyl (C=O) groups excluding carboxylic acids is 2. The number of hydrogen-bond acceptors (Lipinski definition) is 5. The number of benzene rings is 2. The summed E-state index contributed by atoms with van der Waals surface area (Å²) in [5.74, 6) is -1.49. The van der Waals surface area contributed by atoms with Crippen LogP contribution < -0.4 is 5.32 Å². The van der Waals surface area contributed by atoms with Crippen LogP contribution in [0.2, 0.25) is 0 Å². The van der Waals surface area contributed by atoms with Crippen molar-refractivity contribution in [3.8, 4) is 11.1 Å². The van der Waals surface area contributed by atoms with E-state index in [0.29, 0.717) is 6.42 Å². The van der Waals surface area contributed by atoms with Crippen LogP contribution >= 0.6 is 0 Å². The van der Waals surface area contributed by atoms with Gasteiger partial charge in [0.15, 0.2) is 0 Å². The van der Waals surface area contributed by atoms with Gasteiger partial charge in [-0.15, -0.1) is 0 Å². The summed E-state index contributed by atoms with van der Waals surface area (Å²) < 4.78 is 5.45. The highest BCUT2D eigenvalue weighted by molar-refractivity contribution is 5.84. The molecule has 4 rings (SSSR count). The number of β-amino-alcohol motifs (C(OH)–C–C–N with tert-alkyl or cyclic N) is 1. The first kappa shape index (κ1) is 21.8. The van der Waals surface area contributed by atoms with Crippen LogP contribution in [-0.4, -0.2) is 64.9 Å². The maximum Gasteiger partial charge on any atom is 0.407 e. The molecule has 0 bridgehead atoms. The summed E-state index contributed by atoms with van der Waals surface area (Å²) in [5.41, 5.74) is 4.57. The van der Waals surface area contributed by atoms with Crippen molar-refractivity contribution in [3.05, 3.63) is 59.7 Å². The van der Waals surface area contributed by atoms with Gasteiger partial charge in [-0.25, -0.2) is 9.59 Å². The van der Waals surface area contributed by atoms with Gasteiger partial charge in [0.25, 0.3) is 0 Å². The third kappa shape index (κ3) is 4.45. The van der Waals surface area contributed by atoms with E-state index in [0.717, 1.165) is 22.3 Å². The molecule has 8 nitrogen and oxygen atoms in total. The molecule has 3 N–H and O–H groups in total. The lowest BCUT2D eigenvalue weighted by molar-refractivity contribution is -0.148. The Balaban J connectivity index is 1.23. The zero-order valence-electron chi connectivity index (χ0n) is 17.6. The second kappa shape index (κ2) is 9.40. The van der Waals surface area contributed by atoms with E-state index in [1.807, 2.05) is 36.4 Å². The number of rotatable bonds is 7. The van der Waals surface area contributed by atoms with Crippen LogP contribution in [0, 0.1) is 0 Å². The Hall–Kier alpha value is -3.39. The number of nitrogens with one attached hydrogen (secondary N) is 1. The molecule has 0 saturated carbocycles. The van der Waals surface area contributed by atoms with E-state index in [1.54, 1.807) is 0 Å². The quantitative estimate of drug-likeness (QED) is 0.572. The minimum absolute atomic E-state index is 0.0234. The number of ether oxygens (including phenoxy) is 1. The molecule has 2 aromatic rings. The van der Waals surface area contributed by atoms with Gasteiger partial charge in [0, 0.05) is 31.8 Å². The molecule has 1 fully saturated rings. The molecule has 0 unspecified atom stereocenters. The van der Waals surface area contributed by atoms with E-state index in [1.165, 1.54) is 4.90 Å². The van der Waals surface area contributed by atoms with E-state index in [4.69, 9.17) is 4.74 Å². The van der Waals surface area contributed by atoms with E-state index in [9.17, 15) is 24.6 Å². The number of alkyl carbamates (subject to hydrolysis) is 1. The Labute approximate surface area is 185 Å². The minimum Gasteiger partial charge on any atom is -0.480 e. The number of nitrogens with zero attached hydrogens (tertiary/aromatic N) is 1. The van der Waals surface area contributed by atoms with Crippen LogP contribution in [0.4, 0.5) is 4.79 Å². The fraction of sp³-hybridized carbons (Fsp3) is 0.375. The standard InChI is InChI=1S/C24H26N2O6/c27-15-12-21(23(29)30)26(13-15)22(28)10-5-11-25-24(31)32-14-20-18-8-3-1-6-16(18)17-7-2-4-9-19(17)20/h1-4,6-9,15,20-21,27H,5,10-14H2,(H,25,31)(H,29,30)/t15-,21+/m1/s1. The molecule has 1 aliphatic carbocycles. The van der Waals surface area contributed by atoms with E-state index >= 15 is 0 Å². The molecule has 1 saturated heterocycles. The number of amides is 2. The lowest BCUT2D eigenvalue weighted by Gasteiger charge is -2.21. The van der Waals surface area contributed by atoms with Crippen LogP contribution in [0.3, 0.4) is 0 Å². The highest BCUT2D eigenvalue weighted by Gasteiger charge is 2.38. The van der Waals surface area contributed by atoms with Crippen molar-refractivity contribution in [2.45, 2.75) is 37.3 Å². The lowest BCUT2D eigenvalue weighted by Crippen LogP contribution is -2.40. The zero-order chi connectivity index (χ0) is 22.7. The van der Waals surface area contributed by atoms with E-state index < -0.39 is 24.2 Å². The molecule has 2 aromatic carbocycles. The predicted molar refractivity (Wildman–Crippen MR) is 116 cm³/mol. The molecule has 0 radical (unpaired) electrons. The van der Waals surface area contributed by atoms with Crippen molar-refractivity contribution >= 4 is 18.0 Å². The predicted octanol–water partition coefficient (Wildman–Crippen LogP) is 2.35. The number of carboxylic acid groups (broad SMARTS) is 1. The summed E-state index contributed by atoms with van der Waals surface area (Å²) in [6, 6.07) is 15.2. The number of carbonyl (C=O) groups is 3. The average Bonchev–Trinajstić information content (AvgIpc) is 3.34. The van der Waals surface area contributed by atoms with Gasteiger partial charge >= 0.3 is 12.1 Å². The number of aliphatic hydroxyl groups is 1. The number of likely N-dealkylation sites (tertiary alicyclic amines) is 1. The summed E-state index contributed by atoms with van der Waals surface area (Å²) in [6.07, 6.45) is -0.903. The highest BCUT2D eigenvalue weighted by Crippen LogP contribution is 2.44. The summed E-state index contributed by atoms with van der Waals surface area (Å²) in [6.45, 7) is 0.469. The van der Waals surface area contributed by atoms with E-state index in [2.05, 4.69) is 17.4 Å². The van der Waals surface area contributed by atoms with Crippen LogP contribution in [0.15, 0.2) is 48.5 Å². The lowest BCUT2D eigenvalue weighted by atomic mass is 9.98. The van der Waals surface area contributed by atoms with Gasteiger partial charge in [-0.1, -0.05) is 48.5 Å². The molecule has 2 amide bonds. The molecule has 0 spiro atoms. The number of hydrogen-bond donors (Lipinski definition) is 3. The van der Waals surface area contributed by atoms with Gasteiger partial charge in [0.1, 0.15) is 12.6 Å². The van der Waals surface area contributed by atoms with Crippen molar-refractivity contribution in [1.29, 1.82) is 0 Å². The summed E-state index contributed by atoms with van der Waals surface area (Å²) in [7, 11) is 0. The Morgan fingerprint density at radius 2 is 1.66 bits per heavy atom. The van der Waals surface area contributed by atoms with Gasteiger partial charge in [0.05, 0.1) is 6.10 Å². The molecule has 1 aliphatic heterocycles. The SMILES string of the molecule is O=C(NCCCC(=O)N1C[C@H](O)C[C@H]1C(=O)O)OCC1c2ccccc2-c2ccccc21. The van der Waals surface area contributed by atoms with Gasteiger partial charge in [-0.2, -0.15) is 0 Å². The third-order valence-corrected chi connectivity index (χ3v) is 6.06. The summed E-state index contributed by atoms with van der Waals surface area (Å²) in [4.78, 5) is 36.9. The van der Waals surface area contributed by atoms with E-state index in [-0.39, 0.29) is 44.4 Å². The van der Waals surface area contributed by atoms with Gasteiger partial charge < -0.3 is 25.2 Å². The fourth-order valence-electron chi connectivity index (χ4n) is 4.55. The molecule has 168 valence electrons. The topological polar surface area (TPSA) is 116 Å². The normalized spacial score (nSPS) is 19.3. The van der Waals surface area contributed by atoms with Crippen molar-refractivity contribution in [2.24, 2.45) is 0 Å². The number of carboxylic acids is 1. The molecular formula is C24H26N2O6. The van der Waals surface area contributed by atoms with Crippen molar-refractivity contribution < 1.29 is 29.3 Å². The zero-order valence-corrected chi connectivity index (χ0v) is 17.6. The molecule has 8 heteroatoms. The minimum atomic E-state index is -1.12. The Bertz CT molecular complexity index is 978. The van der Waals surface area contributed by atoms with Crippen molar-refractivity contribution in [1.82, 2.24) is 10.2 Å². The van der Waals surface area contributed by atoms with Crippen LogP contribution in [0.5, 0.6) is 0 Å². The molecular weight excluding hydrogens is 412 g/mol. The van der Waals surface area contributed by atoms with Gasteiger partial charge in [0.2, 0.25) is 5.91 Å². The molecule has 2 atom stereocenters. The smallest absolute Gasteiger partial charge is 0.407 e. The number of fused-ring (bicyclic) bond motifs is 3. The first-order valence-corrected chi connectivity index (χ1v) is 10.7. The molecule has 2 aliphatic rings. The Kier molecular flexibility index (Phi) is 6.41. The molecule has 1 heterocycles. The van der Waals surface area contributed by atoms with Crippen LogP contribution in [0.1, 0.15) is 36.3 Å². The monoisotopic (exact) mass is 438 g/mol. The van der Waals surface area contributed by atoms with Gasteiger partial charge in [-0.05, 0) is 28.7 Å². The van der Waals surface area contributed by atoms with Crippen molar-refractivity contribution in [3.63, 3.8) is 0 Å². The largest absolute Gasteiger partial charge is 0.480 e. The highest BCUT2D eigenvalue weighted by atomic mass is 16.5. The maximum absolute atomic E-state index is 12.3. The second-order valence-corrected chi connectivity index (χ2v) is 8.15. The second-order valence-electron chi connectivity index (χ2n) is 8.15. The fourth-order valence-corrected chi connectivity index (χ4v) is 4.55. The Morgan fingerprint density at radius 1 is 1.03 bits per heavy atom. The van der Waals surface area contributed by atoms with Gasteiger partial charge in [-0.3, -0.25) is 4.79 Å². The maximum atomic E-state index is 12.3. The summed E-state index contributed by atoms with van der Waals surface area (Å²) >= 11 is 0.